The quantitative estimate of drug-likeness (QED) is 0.837. The van der Waals surface area contributed by atoms with Gasteiger partial charge in [0.25, 0.3) is 0 Å². The van der Waals surface area contributed by atoms with Crippen molar-refractivity contribution in [1.82, 2.24) is 0 Å². The van der Waals surface area contributed by atoms with E-state index in [2.05, 4.69) is 0 Å². The van der Waals surface area contributed by atoms with E-state index in [-0.39, 0.29) is 34.9 Å². The highest BCUT2D eigenvalue weighted by Crippen LogP contribution is 2.40. The van der Waals surface area contributed by atoms with E-state index in [4.69, 9.17) is 0 Å². The van der Waals surface area contributed by atoms with Crippen LogP contribution in [-0.2, 0) is 9.59 Å². The number of carbonyl (C=O) groups excluding carboxylic acids is 2. The number of nitrogens with zero attached hydrogens (tertiary/aromatic N) is 1. The van der Waals surface area contributed by atoms with Gasteiger partial charge in [0, 0.05) is 0 Å². The number of imide groups is 1. The largest absolute Gasteiger partial charge is 0.478 e. The molecule has 0 aromatic heterocycles. The first-order valence-corrected chi connectivity index (χ1v) is 6.81. The third kappa shape index (κ3) is 1.81. The van der Waals surface area contributed by atoms with Gasteiger partial charge in [-0.05, 0) is 25.0 Å². The number of benzene rings is 1. The Kier molecular flexibility index (Phi) is 3.04. The van der Waals surface area contributed by atoms with Gasteiger partial charge in [0.2, 0.25) is 11.8 Å². The fourth-order valence-corrected chi connectivity index (χ4v) is 3.25. The van der Waals surface area contributed by atoms with Crippen molar-refractivity contribution in [2.45, 2.75) is 25.7 Å². The summed E-state index contributed by atoms with van der Waals surface area (Å²) in [6.07, 6.45) is 3.35. The molecule has 2 fully saturated rings. The summed E-state index contributed by atoms with van der Waals surface area (Å²) < 4.78 is 0. The third-order valence-electron chi connectivity index (χ3n) is 4.22. The lowest BCUT2D eigenvalue weighted by atomic mass is 9.81. The van der Waals surface area contributed by atoms with E-state index in [1.807, 2.05) is 0 Å². The Morgan fingerprint density at radius 1 is 1.05 bits per heavy atom. The van der Waals surface area contributed by atoms with E-state index in [1.54, 1.807) is 12.1 Å². The van der Waals surface area contributed by atoms with Crippen LogP contribution in [0.15, 0.2) is 24.3 Å². The molecule has 1 N–H and O–H groups in total. The molecule has 1 aliphatic heterocycles. The van der Waals surface area contributed by atoms with Gasteiger partial charge >= 0.3 is 5.97 Å². The molecule has 2 aliphatic rings. The van der Waals surface area contributed by atoms with Crippen LogP contribution in [0, 0.1) is 11.8 Å². The van der Waals surface area contributed by atoms with E-state index in [1.165, 1.54) is 12.1 Å². The number of carbonyl (C=O) groups is 3. The van der Waals surface area contributed by atoms with E-state index in [9.17, 15) is 19.5 Å². The van der Waals surface area contributed by atoms with Gasteiger partial charge in [-0.25, -0.2) is 9.69 Å². The van der Waals surface area contributed by atoms with Gasteiger partial charge in [-0.1, -0.05) is 25.0 Å². The van der Waals surface area contributed by atoms with Crippen LogP contribution >= 0.6 is 0 Å². The maximum absolute atomic E-state index is 12.4. The molecule has 2 atom stereocenters. The Morgan fingerprint density at radius 3 is 2.15 bits per heavy atom. The zero-order chi connectivity index (χ0) is 14.3. The molecule has 3 rings (SSSR count). The van der Waals surface area contributed by atoms with Gasteiger partial charge in [-0.3, -0.25) is 9.59 Å². The standard InChI is InChI=1S/C15H15NO4/c17-13-9-5-1-2-6-10(9)14(18)16(13)12-8-4-3-7-11(12)15(19)20/h3-4,7-10H,1-2,5-6H2,(H,19,20)/t9-,10-/m1/s1. The molecule has 1 heterocycles. The van der Waals surface area contributed by atoms with Gasteiger partial charge in [0.05, 0.1) is 23.1 Å². The smallest absolute Gasteiger partial charge is 0.337 e. The highest BCUT2D eigenvalue weighted by Gasteiger charge is 2.49. The molecule has 0 unspecified atom stereocenters. The number of aromatic carboxylic acids is 1. The summed E-state index contributed by atoms with van der Waals surface area (Å²) in [7, 11) is 0. The van der Waals surface area contributed by atoms with Crippen molar-refractivity contribution in [2.75, 3.05) is 4.90 Å². The average Bonchev–Trinajstić information content (AvgIpc) is 2.71. The minimum Gasteiger partial charge on any atom is -0.478 e. The van der Waals surface area contributed by atoms with Crippen molar-refractivity contribution in [3.63, 3.8) is 0 Å². The van der Waals surface area contributed by atoms with Crippen LogP contribution in [0.5, 0.6) is 0 Å². The van der Waals surface area contributed by atoms with Gasteiger partial charge in [0.1, 0.15) is 0 Å². The van der Waals surface area contributed by atoms with Crippen molar-refractivity contribution in [2.24, 2.45) is 11.8 Å². The summed E-state index contributed by atoms with van der Waals surface area (Å²) >= 11 is 0. The van der Waals surface area contributed by atoms with Crippen LogP contribution in [0.2, 0.25) is 0 Å². The summed E-state index contributed by atoms with van der Waals surface area (Å²) in [5.74, 6) is -2.14. The SMILES string of the molecule is O=C(O)c1ccccc1N1C(=O)[C@@H]2CCCC[C@H]2C1=O. The number of hydrogen-bond donors (Lipinski definition) is 1. The zero-order valence-corrected chi connectivity index (χ0v) is 10.9. The van der Waals surface area contributed by atoms with Crippen molar-refractivity contribution >= 4 is 23.5 Å². The molecule has 0 bridgehead atoms. The molecule has 1 aromatic carbocycles. The lowest BCUT2D eigenvalue weighted by Crippen LogP contribution is -2.32. The van der Waals surface area contributed by atoms with Gasteiger partial charge in [0.15, 0.2) is 0 Å². The number of hydrogen-bond acceptors (Lipinski definition) is 3. The van der Waals surface area contributed by atoms with E-state index >= 15 is 0 Å². The first kappa shape index (κ1) is 12.8. The third-order valence-corrected chi connectivity index (χ3v) is 4.22. The topological polar surface area (TPSA) is 74.7 Å². The Hall–Kier alpha value is -2.17. The molecular weight excluding hydrogens is 258 g/mol. The number of carboxylic acid groups (broad SMARTS) is 1. The van der Waals surface area contributed by atoms with E-state index < -0.39 is 5.97 Å². The molecule has 1 aromatic rings. The maximum atomic E-state index is 12.4. The maximum Gasteiger partial charge on any atom is 0.337 e. The first-order valence-electron chi connectivity index (χ1n) is 6.81. The normalized spacial score (nSPS) is 25.7. The predicted octanol–water partition coefficient (Wildman–Crippen LogP) is 2.06. The Bertz CT molecular complexity index is 571. The number of fused-ring (bicyclic) bond motifs is 1. The molecule has 20 heavy (non-hydrogen) atoms. The summed E-state index contributed by atoms with van der Waals surface area (Å²) in [5.41, 5.74) is 0.192. The van der Waals surface area contributed by atoms with Gasteiger partial charge < -0.3 is 5.11 Å². The monoisotopic (exact) mass is 273 g/mol. The van der Waals surface area contributed by atoms with Crippen LogP contribution in [0.25, 0.3) is 0 Å². The molecule has 1 saturated carbocycles. The molecular formula is C15H15NO4. The highest BCUT2D eigenvalue weighted by atomic mass is 16.4. The molecule has 1 saturated heterocycles. The fraction of sp³-hybridized carbons (Fsp3) is 0.400. The fourth-order valence-electron chi connectivity index (χ4n) is 3.25. The van der Waals surface area contributed by atoms with Crippen molar-refractivity contribution in [3.8, 4) is 0 Å². The zero-order valence-electron chi connectivity index (χ0n) is 10.9. The van der Waals surface area contributed by atoms with Gasteiger partial charge in [-0.15, -0.1) is 0 Å². The van der Waals surface area contributed by atoms with Crippen LogP contribution in [-0.4, -0.2) is 22.9 Å². The summed E-state index contributed by atoms with van der Waals surface area (Å²) in [4.78, 5) is 37.2. The molecule has 1 aliphatic carbocycles. The van der Waals surface area contributed by atoms with Crippen molar-refractivity contribution < 1.29 is 19.5 Å². The van der Waals surface area contributed by atoms with E-state index in [0.29, 0.717) is 0 Å². The molecule has 5 nitrogen and oxygen atoms in total. The predicted molar refractivity (Wildman–Crippen MR) is 71.3 cm³/mol. The first-order chi connectivity index (χ1) is 9.61. The minimum absolute atomic E-state index is 0.00662. The second-order valence-corrected chi connectivity index (χ2v) is 5.33. The number of rotatable bonds is 2. The lowest BCUT2D eigenvalue weighted by Gasteiger charge is -2.19. The van der Waals surface area contributed by atoms with Crippen molar-refractivity contribution in [1.29, 1.82) is 0 Å². The summed E-state index contributed by atoms with van der Waals surface area (Å²) in [6, 6.07) is 6.17. The molecule has 0 spiro atoms. The number of amides is 2. The number of anilines is 1. The molecule has 104 valence electrons. The average molecular weight is 273 g/mol. The van der Waals surface area contributed by atoms with Gasteiger partial charge in [-0.2, -0.15) is 0 Å². The molecule has 0 radical (unpaired) electrons. The molecule has 2 amide bonds. The summed E-state index contributed by atoms with van der Waals surface area (Å²) in [6.45, 7) is 0. The second kappa shape index (κ2) is 4.74. The van der Waals surface area contributed by atoms with Crippen molar-refractivity contribution in [3.05, 3.63) is 29.8 Å². The van der Waals surface area contributed by atoms with Crippen LogP contribution in [0.3, 0.4) is 0 Å². The Balaban J connectivity index is 2.04. The summed E-state index contributed by atoms with van der Waals surface area (Å²) in [5, 5.41) is 9.21. The van der Waals surface area contributed by atoms with Crippen LogP contribution < -0.4 is 4.90 Å². The number of para-hydroxylation sites is 1. The Morgan fingerprint density at radius 2 is 1.60 bits per heavy atom. The minimum atomic E-state index is -1.13. The number of carboxylic acids is 1. The molecule has 5 heteroatoms. The Labute approximate surface area is 116 Å². The lowest BCUT2D eigenvalue weighted by molar-refractivity contribution is -0.122. The van der Waals surface area contributed by atoms with Crippen LogP contribution in [0.1, 0.15) is 36.0 Å². The highest BCUT2D eigenvalue weighted by molar-refractivity contribution is 6.23. The second-order valence-electron chi connectivity index (χ2n) is 5.33. The van der Waals surface area contributed by atoms with E-state index in [0.717, 1.165) is 30.6 Å². The van der Waals surface area contributed by atoms with Crippen LogP contribution in [0.4, 0.5) is 5.69 Å².